The highest BCUT2D eigenvalue weighted by molar-refractivity contribution is 5.58. The molecule has 0 amide bonds. The average molecular weight is 320 g/mol. The van der Waals surface area contributed by atoms with E-state index in [9.17, 15) is 0 Å². The van der Waals surface area contributed by atoms with Crippen molar-refractivity contribution in [2.24, 2.45) is 5.73 Å². The summed E-state index contributed by atoms with van der Waals surface area (Å²) in [5, 5.41) is 0. The average Bonchev–Trinajstić information content (AvgIpc) is 2.61. The van der Waals surface area contributed by atoms with Gasteiger partial charge in [0.1, 0.15) is 0 Å². The lowest BCUT2D eigenvalue weighted by Crippen LogP contribution is -2.59. The zero-order valence-electron chi connectivity index (χ0n) is 14.8. The number of nitrogens with two attached hydrogens (primary N) is 1. The van der Waals surface area contributed by atoms with Crippen LogP contribution >= 0.6 is 0 Å². The van der Waals surface area contributed by atoms with Crippen LogP contribution in [0.2, 0.25) is 0 Å². The number of hydrogen-bond acceptors (Lipinski definition) is 2. The normalized spacial score (nSPS) is 27.2. The summed E-state index contributed by atoms with van der Waals surface area (Å²) in [6, 6.07) is 18.6. The Morgan fingerprint density at radius 3 is 1.58 bits per heavy atom. The maximum absolute atomic E-state index is 6.91. The van der Waals surface area contributed by atoms with Crippen molar-refractivity contribution < 1.29 is 0 Å². The van der Waals surface area contributed by atoms with Crippen molar-refractivity contribution in [3.63, 3.8) is 0 Å². The number of benzene rings is 2. The van der Waals surface area contributed by atoms with Gasteiger partial charge < -0.3 is 5.73 Å². The molecule has 2 N–H and O–H groups in total. The number of fused-ring (bicyclic) bond motifs is 1. The Morgan fingerprint density at radius 2 is 1.17 bits per heavy atom. The second-order valence-corrected chi connectivity index (χ2v) is 7.32. The molecule has 0 saturated carbocycles. The van der Waals surface area contributed by atoms with Crippen LogP contribution in [0, 0.1) is 0 Å². The first kappa shape index (κ1) is 15.9. The van der Waals surface area contributed by atoms with Gasteiger partial charge in [-0.3, -0.25) is 4.90 Å². The van der Waals surface area contributed by atoms with Crippen LogP contribution in [0.15, 0.2) is 48.5 Å². The molecule has 2 aromatic carbocycles. The van der Waals surface area contributed by atoms with Gasteiger partial charge >= 0.3 is 0 Å². The van der Waals surface area contributed by atoms with Gasteiger partial charge in [-0.05, 0) is 48.2 Å². The molecule has 3 aliphatic carbocycles. The van der Waals surface area contributed by atoms with Crippen LogP contribution in [0.4, 0.5) is 0 Å². The fourth-order valence-electron chi connectivity index (χ4n) is 5.13. The molecule has 3 aliphatic rings. The molecular formula is C22H28N2. The molecule has 2 atom stereocenters. The van der Waals surface area contributed by atoms with Crippen LogP contribution in [0.25, 0.3) is 0 Å². The minimum Gasteiger partial charge on any atom is -0.325 e. The molecule has 5 rings (SSSR count). The molecule has 126 valence electrons. The first-order chi connectivity index (χ1) is 11.8. The summed E-state index contributed by atoms with van der Waals surface area (Å²) in [6.07, 6.45) is 2.37. The third-order valence-corrected chi connectivity index (χ3v) is 5.90. The molecule has 0 spiro atoms. The molecule has 2 aromatic rings. The van der Waals surface area contributed by atoms with Gasteiger partial charge in [0.15, 0.2) is 0 Å². The molecule has 0 aromatic heterocycles. The Hall–Kier alpha value is -1.64. The standard InChI is InChI=1S/C22H28N2/c1-3-13-24(14-4-2)22-20-17-11-7-5-9-15(17)19(21(22)23)16-10-6-8-12-18(16)20/h5-12,19-22H,3-4,13-14,23H2,1-2H3/t19?,20?,21-,22-/m1/s1. The van der Waals surface area contributed by atoms with Gasteiger partial charge in [0, 0.05) is 23.9 Å². The van der Waals surface area contributed by atoms with E-state index in [1.165, 1.54) is 35.1 Å². The predicted octanol–water partition coefficient (Wildman–Crippen LogP) is 4.10. The molecule has 2 heteroatoms. The Bertz CT molecular complexity index is 670. The van der Waals surface area contributed by atoms with Gasteiger partial charge in [0.25, 0.3) is 0 Å². The van der Waals surface area contributed by atoms with Crippen molar-refractivity contribution in [3.05, 3.63) is 70.8 Å². The molecule has 0 saturated heterocycles. The van der Waals surface area contributed by atoms with E-state index in [-0.39, 0.29) is 6.04 Å². The van der Waals surface area contributed by atoms with Crippen molar-refractivity contribution >= 4 is 0 Å². The summed E-state index contributed by atoms with van der Waals surface area (Å²) in [6.45, 7) is 6.83. The first-order valence-electron chi connectivity index (χ1n) is 9.45. The van der Waals surface area contributed by atoms with E-state index < -0.39 is 0 Å². The fourth-order valence-corrected chi connectivity index (χ4v) is 5.13. The SMILES string of the molecule is CCCN(CCC)[C@@H]1C2c3ccccc3C(c3ccccc32)[C@H]1N. The van der Waals surface area contributed by atoms with Gasteiger partial charge in [-0.1, -0.05) is 62.4 Å². The largest absolute Gasteiger partial charge is 0.325 e. The lowest BCUT2D eigenvalue weighted by atomic mass is 9.59. The summed E-state index contributed by atoms with van der Waals surface area (Å²) in [7, 11) is 0. The van der Waals surface area contributed by atoms with Gasteiger partial charge in [-0.2, -0.15) is 0 Å². The fraction of sp³-hybridized carbons (Fsp3) is 0.455. The molecule has 24 heavy (non-hydrogen) atoms. The number of rotatable bonds is 5. The molecule has 0 fully saturated rings. The monoisotopic (exact) mass is 320 g/mol. The lowest BCUT2D eigenvalue weighted by Gasteiger charge is -2.53. The zero-order chi connectivity index (χ0) is 16.7. The van der Waals surface area contributed by atoms with Crippen LogP contribution in [-0.4, -0.2) is 30.1 Å². The Kier molecular flexibility index (Phi) is 4.19. The van der Waals surface area contributed by atoms with E-state index in [1.54, 1.807) is 0 Å². The highest BCUT2D eigenvalue weighted by Gasteiger charge is 2.49. The van der Waals surface area contributed by atoms with E-state index >= 15 is 0 Å². The van der Waals surface area contributed by atoms with Crippen molar-refractivity contribution in [3.8, 4) is 0 Å². The molecule has 0 heterocycles. The van der Waals surface area contributed by atoms with Crippen LogP contribution in [-0.2, 0) is 0 Å². The highest BCUT2D eigenvalue weighted by atomic mass is 15.2. The third kappa shape index (κ3) is 2.24. The van der Waals surface area contributed by atoms with Crippen LogP contribution in [0.3, 0.4) is 0 Å². The maximum Gasteiger partial charge on any atom is 0.0365 e. The quantitative estimate of drug-likeness (QED) is 0.899. The number of nitrogens with zero attached hydrogens (tertiary/aromatic N) is 1. The first-order valence-corrected chi connectivity index (χ1v) is 9.45. The third-order valence-electron chi connectivity index (χ3n) is 5.90. The van der Waals surface area contributed by atoms with E-state index in [2.05, 4.69) is 67.3 Å². The van der Waals surface area contributed by atoms with Gasteiger partial charge in [-0.15, -0.1) is 0 Å². The minimum atomic E-state index is 0.179. The van der Waals surface area contributed by atoms with Gasteiger partial charge in [-0.25, -0.2) is 0 Å². The molecule has 0 aliphatic heterocycles. The molecule has 2 nitrogen and oxygen atoms in total. The molecule has 0 unspecified atom stereocenters. The Balaban J connectivity index is 1.87. The van der Waals surface area contributed by atoms with Crippen molar-refractivity contribution in [1.29, 1.82) is 0 Å². The summed E-state index contributed by atoms with van der Waals surface area (Å²) in [4.78, 5) is 2.66. The van der Waals surface area contributed by atoms with E-state index in [4.69, 9.17) is 5.73 Å². The Morgan fingerprint density at radius 1 is 0.750 bits per heavy atom. The second kappa shape index (κ2) is 6.34. The summed E-state index contributed by atoms with van der Waals surface area (Å²) in [5.74, 6) is 0.749. The zero-order valence-corrected chi connectivity index (χ0v) is 14.8. The minimum absolute atomic E-state index is 0.179. The Labute approximate surface area is 145 Å². The van der Waals surface area contributed by atoms with E-state index in [1.807, 2.05) is 0 Å². The van der Waals surface area contributed by atoms with Crippen LogP contribution < -0.4 is 5.73 Å². The predicted molar refractivity (Wildman–Crippen MR) is 100 cm³/mol. The van der Waals surface area contributed by atoms with Crippen LogP contribution in [0.1, 0.15) is 60.8 Å². The van der Waals surface area contributed by atoms with E-state index in [0.717, 1.165) is 13.1 Å². The van der Waals surface area contributed by atoms with Gasteiger partial charge in [0.05, 0.1) is 0 Å². The number of hydrogen-bond donors (Lipinski definition) is 1. The van der Waals surface area contributed by atoms with Crippen molar-refractivity contribution in [2.45, 2.75) is 50.6 Å². The van der Waals surface area contributed by atoms with Gasteiger partial charge in [0.2, 0.25) is 0 Å². The smallest absolute Gasteiger partial charge is 0.0365 e. The van der Waals surface area contributed by atoms with E-state index in [0.29, 0.717) is 17.9 Å². The second-order valence-electron chi connectivity index (χ2n) is 7.32. The topological polar surface area (TPSA) is 29.3 Å². The van der Waals surface area contributed by atoms with Crippen molar-refractivity contribution in [2.75, 3.05) is 13.1 Å². The lowest BCUT2D eigenvalue weighted by molar-refractivity contribution is 0.132. The molecule has 0 radical (unpaired) electrons. The van der Waals surface area contributed by atoms with Crippen molar-refractivity contribution in [1.82, 2.24) is 4.90 Å². The summed E-state index contributed by atoms with van der Waals surface area (Å²) in [5.41, 5.74) is 12.8. The maximum atomic E-state index is 6.91. The molecular weight excluding hydrogens is 292 g/mol. The molecule has 2 bridgehead atoms. The highest BCUT2D eigenvalue weighted by Crippen LogP contribution is 2.53. The summed E-state index contributed by atoms with van der Waals surface area (Å²) < 4.78 is 0. The summed E-state index contributed by atoms with van der Waals surface area (Å²) >= 11 is 0. The van der Waals surface area contributed by atoms with Crippen LogP contribution in [0.5, 0.6) is 0 Å².